The molecule has 0 bridgehead atoms. The summed E-state index contributed by atoms with van der Waals surface area (Å²) in [6.07, 6.45) is 6.74. The zero-order chi connectivity index (χ0) is 25.4. The van der Waals surface area contributed by atoms with Crippen molar-refractivity contribution in [2.24, 2.45) is 11.8 Å². The minimum atomic E-state index is -2.63. The van der Waals surface area contributed by atoms with E-state index in [0.717, 1.165) is 6.42 Å². The van der Waals surface area contributed by atoms with Gasteiger partial charge >= 0.3 is 218 Å². The number of nitrogens with two attached hydrogens (primary N) is 1. The van der Waals surface area contributed by atoms with E-state index < -0.39 is 7.26 Å². The molecule has 0 spiro atoms. The Bertz CT molecular complexity index is 1080. The van der Waals surface area contributed by atoms with E-state index in [4.69, 9.17) is 17.3 Å². The van der Waals surface area contributed by atoms with Crippen molar-refractivity contribution in [3.8, 4) is 0 Å². The van der Waals surface area contributed by atoms with Crippen molar-refractivity contribution >= 4 is 72.8 Å². The second kappa shape index (κ2) is 10.9. The molecule has 0 saturated heterocycles. The first kappa shape index (κ1) is 27.4. The van der Waals surface area contributed by atoms with Gasteiger partial charge < -0.3 is 0 Å². The second-order valence-corrected chi connectivity index (χ2v) is 15.9. The summed E-state index contributed by atoms with van der Waals surface area (Å²) in [6.45, 7) is 9.90. The molecule has 11 heteroatoms. The van der Waals surface area contributed by atoms with Crippen molar-refractivity contribution < 1.29 is 9.59 Å². The second-order valence-electron chi connectivity index (χ2n) is 9.94. The van der Waals surface area contributed by atoms with E-state index in [0.29, 0.717) is 22.7 Å². The van der Waals surface area contributed by atoms with Gasteiger partial charge in [-0.15, -0.1) is 0 Å². The number of Topliss-reactive ketones (excluding diaryl/α,β-unsaturated/α-hetero) is 2. The number of anilines is 1. The average Bonchev–Trinajstić information content (AvgIpc) is 3.41. The molecule has 0 saturated carbocycles. The topological polar surface area (TPSA) is 104 Å². The first-order valence-electron chi connectivity index (χ1n) is 11.6. The van der Waals surface area contributed by atoms with Crippen LogP contribution in [0.4, 0.5) is 5.95 Å². The summed E-state index contributed by atoms with van der Waals surface area (Å²) < 4.78 is 1.95. The third kappa shape index (κ3) is 4.91. The van der Waals surface area contributed by atoms with Crippen molar-refractivity contribution in [2.45, 2.75) is 57.1 Å². The first-order chi connectivity index (χ1) is 16.0. The van der Waals surface area contributed by atoms with E-state index in [2.05, 4.69) is 59.0 Å². The number of allylic oxidation sites excluding steroid dienone is 2. The van der Waals surface area contributed by atoms with E-state index in [1.54, 1.807) is 6.33 Å². The Morgan fingerprint density at radius 3 is 2.18 bits per heavy atom. The fourth-order valence-electron chi connectivity index (χ4n) is 5.24. The molecule has 4 atom stereocenters. The standard InChI is InChI=1S/C23H35ClN5O2PS2/c1-12(2)19(30)16(9-33)32(5,17(10-34)20(31)13(3)4)15-7-6-14(8-15)29-11-26-18-21(24)27-23(25)28-22(18)29/h6-7,11-17,32-34H,8-10H2,1-5H3,(H2,25,27,28)/t14-,15+,16+,17+/m0/s1. The maximum atomic E-state index is 13.4. The van der Waals surface area contributed by atoms with Crippen LogP contribution in [0.1, 0.15) is 40.2 Å². The van der Waals surface area contributed by atoms with Gasteiger partial charge in [0.25, 0.3) is 0 Å². The SMILES string of the molecule is CC(C)C(=O)[C@@H](CS)[PH](C)([C@@H]1C=C[C@H](n2cnc3c(Cl)nc(N)nc32)C1)[C@H](CS)C(=O)C(C)C. The molecule has 0 unspecified atom stereocenters. The van der Waals surface area contributed by atoms with Gasteiger partial charge in [-0.05, 0) is 0 Å². The zero-order valence-electron chi connectivity index (χ0n) is 20.3. The number of hydrogen-bond acceptors (Lipinski definition) is 8. The van der Waals surface area contributed by atoms with E-state index in [1.807, 2.05) is 32.3 Å². The number of thiol groups is 2. The zero-order valence-corrected chi connectivity index (χ0v) is 23.8. The summed E-state index contributed by atoms with van der Waals surface area (Å²) in [5, 5.41) is 0.217. The van der Waals surface area contributed by atoms with Gasteiger partial charge in [0.15, 0.2) is 0 Å². The van der Waals surface area contributed by atoms with Gasteiger partial charge in [-0.1, -0.05) is 0 Å². The van der Waals surface area contributed by atoms with Crippen LogP contribution in [0.25, 0.3) is 11.2 Å². The Labute approximate surface area is 217 Å². The molecule has 2 heterocycles. The fraction of sp³-hybridized carbons (Fsp3) is 0.609. The van der Waals surface area contributed by atoms with Crippen LogP contribution in [0.15, 0.2) is 18.5 Å². The Balaban J connectivity index is 2.06. The van der Waals surface area contributed by atoms with Crippen LogP contribution in [0, 0.1) is 11.8 Å². The number of ketones is 2. The fourth-order valence-corrected chi connectivity index (χ4v) is 13.7. The summed E-state index contributed by atoms with van der Waals surface area (Å²) in [4.78, 5) is 39.6. The summed E-state index contributed by atoms with van der Waals surface area (Å²) in [5.74, 6) is 1.07. The molecule has 2 aromatic heterocycles. The van der Waals surface area contributed by atoms with Gasteiger partial charge in [0.05, 0.1) is 0 Å². The van der Waals surface area contributed by atoms with Crippen molar-refractivity contribution in [3.63, 3.8) is 0 Å². The molecule has 7 nitrogen and oxygen atoms in total. The van der Waals surface area contributed by atoms with Gasteiger partial charge in [-0.2, -0.15) is 0 Å². The molecule has 0 radical (unpaired) electrons. The molecule has 0 fully saturated rings. The van der Waals surface area contributed by atoms with Gasteiger partial charge in [0.2, 0.25) is 0 Å². The normalized spacial score (nSPS) is 20.9. The number of carbonyl (C=O) groups is 2. The maximum absolute atomic E-state index is 13.4. The number of rotatable bonds is 10. The molecule has 0 aromatic carbocycles. The van der Waals surface area contributed by atoms with Crippen molar-refractivity contribution in [3.05, 3.63) is 23.6 Å². The van der Waals surface area contributed by atoms with Crippen molar-refractivity contribution in [1.82, 2.24) is 19.5 Å². The van der Waals surface area contributed by atoms with Crippen LogP contribution < -0.4 is 5.73 Å². The predicted molar refractivity (Wildman–Crippen MR) is 151 cm³/mol. The molecule has 2 aromatic rings. The van der Waals surface area contributed by atoms with E-state index in [9.17, 15) is 9.59 Å². The molecule has 2 N–H and O–H groups in total. The molecular formula is C23H35ClN5O2PS2. The molecule has 1 aliphatic carbocycles. The molecular weight excluding hydrogens is 509 g/mol. The number of halogens is 1. The molecule has 0 amide bonds. The molecule has 0 aliphatic heterocycles. The number of nitrogens with zero attached hydrogens (tertiary/aromatic N) is 4. The third-order valence-corrected chi connectivity index (χ3v) is 15.0. The van der Waals surface area contributed by atoms with Crippen LogP contribution in [-0.2, 0) is 9.59 Å². The van der Waals surface area contributed by atoms with Gasteiger partial charge in [-0.25, -0.2) is 0 Å². The van der Waals surface area contributed by atoms with Crippen LogP contribution in [0.2, 0.25) is 5.15 Å². The number of hydrogen-bond donors (Lipinski definition) is 3. The number of imidazole rings is 1. The minimum absolute atomic E-state index is 0.0448. The molecule has 3 rings (SSSR count). The molecule has 34 heavy (non-hydrogen) atoms. The Morgan fingerprint density at radius 1 is 1.12 bits per heavy atom. The number of aromatic nitrogens is 4. The summed E-state index contributed by atoms with van der Waals surface area (Å²) in [7, 11) is -2.63. The molecule has 1 aliphatic rings. The summed E-state index contributed by atoms with van der Waals surface area (Å²) in [6, 6.07) is -0.0448. The predicted octanol–water partition coefficient (Wildman–Crippen LogP) is 4.36. The number of carbonyl (C=O) groups excluding carboxylic acids is 2. The monoisotopic (exact) mass is 543 g/mol. The Morgan fingerprint density at radius 2 is 1.68 bits per heavy atom. The van der Waals surface area contributed by atoms with Gasteiger partial charge in [0, 0.05) is 0 Å². The average molecular weight is 544 g/mol. The van der Waals surface area contributed by atoms with Gasteiger partial charge in [-0.3, -0.25) is 0 Å². The summed E-state index contributed by atoms with van der Waals surface area (Å²) in [5.41, 5.74) is 6.49. The van der Waals surface area contributed by atoms with Crippen LogP contribution in [-0.4, -0.2) is 66.2 Å². The van der Waals surface area contributed by atoms with E-state index >= 15 is 0 Å². The quantitative estimate of drug-likeness (QED) is 0.178. The van der Waals surface area contributed by atoms with E-state index in [1.165, 1.54) is 0 Å². The van der Waals surface area contributed by atoms with Gasteiger partial charge in [0.1, 0.15) is 0 Å². The summed E-state index contributed by atoms with van der Waals surface area (Å²) >= 11 is 15.5. The number of nitrogen functional groups attached to an aromatic ring is 1. The van der Waals surface area contributed by atoms with Crippen molar-refractivity contribution in [2.75, 3.05) is 23.9 Å². The number of fused-ring (bicyclic) bond motifs is 1. The van der Waals surface area contributed by atoms with Crippen molar-refractivity contribution in [1.29, 1.82) is 0 Å². The van der Waals surface area contributed by atoms with Crippen LogP contribution in [0.3, 0.4) is 0 Å². The molecule has 188 valence electrons. The van der Waals surface area contributed by atoms with Crippen LogP contribution in [0.5, 0.6) is 0 Å². The third-order valence-electron chi connectivity index (χ3n) is 7.31. The van der Waals surface area contributed by atoms with Crippen LogP contribution >= 0.6 is 44.1 Å². The Kier molecular flexibility index (Phi) is 8.76. The van der Waals surface area contributed by atoms with E-state index in [-0.39, 0.29) is 57.5 Å². The first-order valence-corrected chi connectivity index (χ1v) is 16.0. The Hall–Kier alpha value is -1.15.